The topological polar surface area (TPSA) is 47.5 Å². The van der Waals surface area contributed by atoms with Crippen LogP contribution in [0.4, 0.5) is 13.2 Å². The zero-order valence-corrected chi connectivity index (χ0v) is 14.7. The monoisotopic (exact) mass is 373 g/mol. The molecule has 2 aromatic heterocycles. The first kappa shape index (κ1) is 18.2. The second-order valence-electron chi connectivity index (χ2n) is 5.76. The van der Waals surface area contributed by atoms with Crippen molar-refractivity contribution >= 4 is 11.3 Å². The van der Waals surface area contributed by atoms with Crippen LogP contribution in [0, 0.1) is 0 Å². The fourth-order valence-electron chi connectivity index (χ4n) is 2.90. The van der Waals surface area contributed by atoms with Gasteiger partial charge in [-0.05, 0) is 11.6 Å². The van der Waals surface area contributed by atoms with E-state index in [0.717, 1.165) is 24.7 Å². The lowest BCUT2D eigenvalue weighted by Crippen LogP contribution is -2.29. The van der Waals surface area contributed by atoms with Gasteiger partial charge in [0.15, 0.2) is 0 Å². The first-order chi connectivity index (χ1) is 11.9. The lowest BCUT2D eigenvalue weighted by molar-refractivity contribution is -0.149. The quantitative estimate of drug-likeness (QED) is 0.752. The molecule has 0 amide bonds. The van der Waals surface area contributed by atoms with E-state index < -0.39 is 18.0 Å². The number of aromatic nitrogens is 2. The van der Waals surface area contributed by atoms with Crippen molar-refractivity contribution in [1.29, 1.82) is 0 Å². The Bertz CT molecular complexity index is 732. The van der Waals surface area contributed by atoms with Crippen LogP contribution in [-0.4, -0.2) is 35.6 Å². The summed E-state index contributed by atoms with van der Waals surface area (Å²) >= 11 is 1.58. The fraction of sp³-hybridized carbons (Fsp3) is 0.500. The van der Waals surface area contributed by atoms with E-state index in [9.17, 15) is 13.2 Å². The number of hydrogen-bond donors (Lipinski definition) is 0. The van der Waals surface area contributed by atoms with Gasteiger partial charge in [0.05, 0.1) is 16.8 Å². The molecule has 0 atom stereocenters. The Morgan fingerprint density at radius 2 is 2.04 bits per heavy atom. The Labute approximate surface area is 147 Å². The maximum atomic E-state index is 13.4. The van der Waals surface area contributed by atoms with Gasteiger partial charge in [-0.25, -0.2) is 4.98 Å². The molecule has 0 aromatic carbocycles. The van der Waals surface area contributed by atoms with E-state index in [0.29, 0.717) is 18.7 Å². The summed E-state index contributed by atoms with van der Waals surface area (Å²) in [6.07, 6.45) is -3.41. The molecule has 3 heterocycles. The molecule has 0 saturated carbocycles. The van der Waals surface area contributed by atoms with Crippen LogP contribution in [0.3, 0.4) is 0 Å². The van der Waals surface area contributed by atoms with Gasteiger partial charge in [0.25, 0.3) is 0 Å². The van der Waals surface area contributed by atoms with Crippen LogP contribution in [0.15, 0.2) is 17.8 Å². The number of halogens is 3. The van der Waals surface area contributed by atoms with Crippen LogP contribution in [0.25, 0.3) is 0 Å². The van der Waals surface area contributed by atoms with Crippen LogP contribution in [0.1, 0.15) is 33.7 Å². The molecule has 0 N–H and O–H groups in total. The SMILES string of the molecule is COC(OC)c1ncc(CN2CCc3ncsc3C2)cc1C(F)(F)F. The van der Waals surface area contributed by atoms with E-state index in [1.54, 1.807) is 11.3 Å². The van der Waals surface area contributed by atoms with Crippen molar-refractivity contribution in [2.45, 2.75) is 32.0 Å². The molecular formula is C16H18F3N3O2S. The second kappa shape index (κ2) is 7.36. The highest BCUT2D eigenvalue weighted by atomic mass is 32.1. The van der Waals surface area contributed by atoms with Gasteiger partial charge in [-0.1, -0.05) is 0 Å². The van der Waals surface area contributed by atoms with E-state index in [1.165, 1.54) is 25.3 Å². The zero-order chi connectivity index (χ0) is 18.0. The summed E-state index contributed by atoms with van der Waals surface area (Å²) in [4.78, 5) is 11.5. The van der Waals surface area contributed by atoms with E-state index in [1.807, 2.05) is 5.51 Å². The summed E-state index contributed by atoms with van der Waals surface area (Å²) in [6.45, 7) is 1.86. The van der Waals surface area contributed by atoms with Crippen molar-refractivity contribution in [1.82, 2.24) is 14.9 Å². The number of hydrogen-bond acceptors (Lipinski definition) is 6. The average Bonchev–Trinajstić information content (AvgIpc) is 3.04. The summed E-state index contributed by atoms with van der Waals surface area (Å²) in [5, 5.41) is 0. The minimum absolute atomic E-state index is 0.260. The van der Waals surface area contributed by atoms with E-state index in [-0.39, 0.29) is 5.69 Å². The van der Waals surface area contributed by atoms with Gasteiger partial charge < -0.3 is 9.47 Å². The van der Waals surface area contributed by atoms with E-state index in [4.69, 9.17) is 9.47 Å². The van der Waals surface area contributed by atoms with Gasteiger partial charge in [-0.3, -0.25) is 9.88 Å². The molecule has 0 aliphatic carbocycles. The van der Waals surface area contributed by atoms with Gasteiger partial charge in [-0.15, -0.1) is 11.3 Å². The molecule has 5 nitrogen and oxygen atoms in total. The number of ether oxygens (including phenoxy) is 2. The highest BCUT2D eigenvalue weighted by Crippen LogP contribution is 2.35. The fourth-order valence-corrected chi connectivity index (χ4v) is 3.76. The number of rotatable bonds is 5. The van der Waals surface area contributed by atoms with Gasteiger partial charge in [-0.2, -0.15) is 13.2 Å². The summed E-state index contributed by atoms with van der Waals surface area (Å²) in [5.41, 5.74) is 2.32. The van der Waals surface area contributed by atoms with Crippen LogP contribution in [0.5, 0.6) is 0 Å². The predicted octanol–water partition coefficient (Wildman–Crippen LogP) is 3.41. The summed E-state index contributed by atoms with van der Waals surface area (Å²) in [5.74, 6) is 0. The summed E-state index contributed by atoms with van der Waals surface area (Å²) < 4.78 is 50.2. The Hall–Kier alpha value is -1.55. The minimum atomic E-state index is -4.53. The smallest absolute Gasteiger partial charge is 0.350 e. The van der Waals surface area contributed by atoms with Gasteiger partial charge in [0.1, 0.15) is 5.69 Å². The third-order valence-corrected chi connectivity index (χ3v) is 4.96. The minimum Gasteiger partial charge on any atom is -0.350 e. The molecule has 3 rings (SSSR count). The van der Waals surface area contributed by atoms with Crippen LogP contribution < -0.4 is 0 Å². The second-order valence-corrected chi connectivity index (χ2v) is 6.70. The number of methoxy groups -OCH3 is 2. The molecule has 1 aliphatic rings. The lowest BCUT2D eigenvalue weighted by atomic mass is 10.1. The third kappa shape index (κ3) is 4.00. The normalized spacial score (nSPS) is 15.6. The number of fused-ring (bicyclic) bond motifs is 1. The number of alkyl halides is 3. The number of pyridine rings is 1. The molecule has 0 bridgehead atoms. The first-order valence-electron chi connectivity index (χ1n) is 7.67. The molecule has 2 aromatic rings. The molecule has 9 heteroatoms. The Balaban J connectivity index is 1.83. The molecule has 25 heavy (non-hydrogen) atoms. The van der Waals surface area contributed by atoms with Crippen molar-refractivity contribution in [3.8, 4) is 0 Å². The third-order valence-electron chi connectivity index (χ3n) is 4.10. The van der Waals surface area contributed by atoms with Crippen LogP contribution in [-0.2, 0) is 35.2 Å². The van der Waals surface area contributed by atoms with Crippen molar-refractivity contribution in [2.24, 2.45) is 0 Å². The van der Waals surface area contributed by atoms with Crippen molar-refractivity contribution in [2.75, 3.05) is 20.8 Å². The maximum Gasteiger partial charge on any atom is 0.418 e. The van der Waals surface area contributed by atoms with Crippen molar-refractivity contribution < 1.29 is 22.6 Å². The van der Waals surface area contributed by atoms with E-state index in [2.05, 4.69) is 14.9 Å². The van der Waals surface area contributed by atoms with Crippen LogP contribution >= 0.6 is 11.3 Å². The predicted molar refractivity (Wildman–Crippen MR) is 85.9 cm³/mol. The number of thiazole rings is 1. The number of nitrogens with zero attached hydrogens (tertiary/aromatic N) is 3. The summed E-state index contributed by atoms with van der Waals surface area (Å²) in [7, 11) is 2.56. The molecule has 0 saturated heterocycles. The zero-order valence-electron chi connectivity index (χ0n) is 13.8. The standard InChI is InChI=1S/C16H18F3N3O2S/c1-23-15(24-2)14-11(16(17,18)19)5-10(6-20-14)7-22-4-3-12-13(8-22)25-9-21-12/h5-6,9,15H,3-4,7-8H2,1-2H3. The lowest BCUT2D eigenvalue weighted by Gasteiger charge is -2.26. The molecule has 0 unspecified atom stereocenters. The van der Waals surface area contributed by atoms with Crippen LogP contribution in [0.2, 0.25) is 0 Å². The molecule has 0 radical (unpaired) electrons. The maximum absolute atomic E-state index is 13.4. The van der Waals surface area contributed by atoms with Gasteiger partial charge in [0, 0.05) is 51.3 Å². The highest BCUT2D eigenvalue weighted by molar-refractivity contribution is 7.09. The Kier molecular flexibility index (Phi) is 5.38. The molecule has 0 spiro atoms. The van der Waals surface area contributed by atoms with Gasteiger partial charge >= 0.3 is 6.18 Å². The van der Waals surface area contributed by atoms with Gasteiger partial charge in [0.2, 0.25) is 6.29 Å². The molecule has 1 aliphatic heterocycles. The Morgan fingerprint density at radius 1 is 1.28 bits per heavy atom. The highest BCUT2D eigenvalue weighted by Gasteiger charge is 2.37. The van der Waals surface area contributed by atoms with Crippen molar-refractivity contribution in [3.05, 3.63) is 45.2 Å². The molecule has 0 fully saturated rings. The molecular weight excluding hydrogens is 355 g/mol. The first-order valence-corrected chi connectivity index (χ1v) is 8.55. The van der Waals surface area contributed by atoms with E-state index >= 15 is 0 Å². The largest absolute Gasteiger partial charge is 0.418 e. The Morgan fingerprint density at radius 3 is 2.72 bits per heavy atom. The molecule has 136 valence electrons. The average molecular weight is 373 g/mol. The van der Waals surface area contributed by atoms with Crippen molar-refractivity contribution in [3.63, 3.8) is 0 Å². The summed E-state index contributed by atoms with van der Waals surface area (Å²) in [6, 6.07) is 1.13.